The van der Waals surface area contributed by atoms with Crippen molar-refractivity contribution in [3.8, 4) is 0 Å². The predicted molar refractivity (Wildman–Crippen MR) is 111 cm³/mol. The highest BCUT2D eigenvalue weighted by Crippen LogP contribution is 2.30. The van der Waals surface area contributed by atoms with E-state index in [-0.39, 0.29) is 5.91 Å². The molecule has 27 heavy (non-hydrogen) atoms. The lowest BCUT2D eigenvalue weighted by atomic mass is 10.0. The predicted octanol–water partition coefficient (Wildman–Crippen LogP) is 4.56. The zero-order valence-corrected chi connectivity index (χ0v) is 16.4. The number of rotatable bonds is 4. The molecule has 4 rings (SSSR count). The lowest BCUT2D eigenvalue weighted by molar-refractivity contribution is 0.0733. The molecule has 1 amide bonds. The third-order valence-corrected chi connectivity index (χ3v) is 5.76. The molecule has 1 aliphatic rings. The van der Waals surface area contributed by atoms with Gasteiger partial charge in [-0.2, -0.15) is 0 Å². The molecule has 0 fully saturated rings. The van der Waals surface area contributed by atoms with Gasteiger partial charge >= 0.3 is 0 Å². The van der Waals surface area contributed by atoms with E-state index in [1.54, 1.807) is 6.07 Å². The van der Waals surface area contributed by atoms with Crippen molar-refractivity contribution in [3.63, 3.8) is 0 Å². The van der Waals surface area contributed by atoms with Gasteiger partial charge in [0.15, 0.2) is 0 Å². The van der Waals surface area contributed by atoms with Gasteiger partial charge in [0.1, 0.15) is 0 Å². The zero-order chi connectivity index (χ0) is 19.0. The van der Waals surface area contributed by atoms with Gasteiger partial charge in [0.05, 0.1) is 6.54 Å². The van der Waals surface area contributed by atoms with Gasteiger partial charge in [0.2, 0.25) is 0 Å². The molecule has 3 N–H and O–H groups in total. The number of carbonyl (C=O) groups excluding carboxylic acids is 1. The van der Waals surface area contributed by atoms with Crippen molar-refractivity contribution in [2.75, 3.05) is 13.1 Å². The van der Waals surface area contributed by atoms with Crippen molar-refractivity contribution in [1.82, 2.24) is 9.88 Å². The quantitative estimate of drug-likeness (QED) is 0.672. The van der Waals surface area contributed by atoms with Crippen molar-refractivity contribution in [3.05, 3.63) is 68.8 Å². The molecule has 0 saturated heterocycles. The SMILES string of the molecule is NCCCc1ccc(C(=O)N2CCc3c([nH]c4ccc(Cl)cc34)C2)cc1Cl. The summed E-state index contributed by atoms with van der Waals surface area (Å²) in [5, 5.41) is 2.51. The molecule has 1 aliphatic heterocycles. The Labute approximate surface area is 168 Å². The van der Waals surface area contributed by atoms with Crippen molar-refractivity contribution in [1.29, 1.82) is 0 Å². The second-order valence-electron chi connectivity index (χ2n) is 6.95. The van der Waals surface area contributed by atoms with Crippen LogP contribution >= 0.6 is 23.2 Å². The van der Waals surface area contributed by atoms with Crippen LogP contribution < -0.4 is 5.73 Å². The van der Waals surface area contributed by atoms with Crippen molar-refractivity contribution < 1.29 is 4.79 Å². The summed E-state index contributed by atoms with van der Waals surface area (Å²) in [6.45, 7) is 1.87. The minimum Gasteiger partial charge on any atom is -0.357 e. The number of hydrogen-bond acceptors (Lipinski definition) is 2. The van der Waals surface area contributed by atoms with E-state index >= 15 is 0 Å². The van der Waals surface area contributed by atoms with Gasteiger partial charge in [-0.05, 0) is 67.3 Å². The fourth-order valence-electron chi connectivity index (χ4n) is 3.74. The number of amides is 1. The summed E-state index contributed by atoms with van der Waals surface area (Å²) in [4.78, 5) is 18.3. The van der Waals surface area contributed by atoms with Gasteiger partial charge in [-0.3, -0.25) is 4.79 Å². The first-order chi connectivity index (χ1) is 13.1. The molecule has 2 heterocycles. The molecule has 0 bridgehead atoms. The van der Waals surface area contributed by atoms with E-state index in [4.69, 9.17) is 28.9 Å². The fourth-order valence-corrected chi connectivity index (χ4v) is 4.19. The average Bonchev–Trinajstić information content (AvgIpc) is 3.03. The lowest BCUT2D eigenvalue weighted by Crippen LogP contribution is -2.35. The number of carbonyl (C=O) groups is 1. The molecule has 6 heteroatoms. The summed E-state index contributed by atoms with van der Waals surface area (Å²) >= 11 is 12.5. The van der Waals surface area contributed by atoms with Crippen molar-refractivity contribution in [2.45, 2.75) is 25.8 Å². The highest BCUT2D eigenvalue weighted by Gasteiger charge is 2.25. The van der Waals surface area contributed by atoms with Crippen molar-refractivity contribution >= 4 is 40.0 Å². The van der Waals surface area contributed by atoms with Gasteiger partial charge in [0.25, 0.3) is 5.91 Å². The molecular formula is C21H21Cl2N3O. The lowest BCUT2D eigenvalue weighted by Gasteiger charge is -2.27. The van der Waals surface area contributed by atoms with E-state index in [1.165, 1.54) is 5.56 Å². The number of nitrogens with zero attached hydrogens (tertiary/aromatic N) is 1. The Balaban J connectivity index is 1.56. The van der Waals surface area contributed by atoms with Gasteiger partial charge in [-0.15, -0.1) is 0 Å². The number of aromatic nitrogens is 1. The average molecular weight is 402 g/mol. The Bertz CT molecular complexity index is 1010. The molecule has 4 nitrogen and oxygen atoms in total. The van der Waals surface area contributed by atoms with Crippen LogP contribution in [0.4, 0.5) is 0 Å². The maximum Gasteiger partial charge on any atom is 0.254 e. The third-order valence-electron chi connectivity index (χ3n) is 5.17. The molecule has 3 aromatic rings. The third kappa shape index (κ3) is 3.57. The first kappa shape index (κ1) is 18.4. The number of benzene rings is 2. The number of aryl methyl sites for hydroxylation is 1. The van der Waals surface area contributed by atoms with E-state index in [9.17, 15) is 4.79 Å². The van der Waals surface area contributed by atoms with Crippen LogP contribution in [0.3, 0.4) is 0 Å². The number of nitrogens with one attached hydrogen (secondary N) is 1. The number of H-pyrrole nitrogens is 1. The molecule has 0 spiro atoms. The maximum absolute atomic E-state index is 13.0. The second-order valence-corrected chi connectivity index (χ2v) is 7.79. The second kappa shape index (κ2) is 7.55. The number of nitrogens with two attached hydrogens (primary N) is 1. The Kier molecular flexibility index (Phi) is 5.13. The maximum atomic E-state index is 13.0. The topological polar surface area (TPSA) is 62.1 Å². The number of aromatic amines is 1. The Hall–Kier alpha value is -2.01. The molecule has 0 aliphatic carbocycles. The molecule has 0 radical (unpaired) electrons. The van der Waals surface area contributed by atoms with Crippen LogP contribution in [0.1, 0.15) is 33.6 Å². The normalized spacial score (nSPS) is 13.8. The summed E-state index contributed by atoms with van der Waals surface area (Å²) in [5.41, 5.74) is 10.6. The molecule has 2 aromatic carbocycles. The highest BCUT2D eigenvalue weighted by atomic mass is 35.5. The number of hydrogen-bond donors (Lipinski definition) is 2. The molecular weight excluding hydrogens is 381 g/mol. The summed E-state index contributed by atoms with van der Waals surface area (Å²) in [6, 6.07) is 11.4. The molecule has 0 atom stereocenters. The van der Waals surface area contributed by atoms with E-state index in [1.807, 2.05) is 35.2 Å². The number of halogens is 2. The standard InChI is InChI=1S/C21H21Cl2N3O/c22-15-5-6-19-17(11-15)16-7-9-26(12-20(16)25-19)21(27)14-4-3-13(2-1-8-24)18(23)10-14/h3-6,10-11,25H,1-2,7-9,12,24H2. The largest absolute Gasteiger partial charge is 0.357 e. The van der Waals surface area contributed by atoms with Crippen LogP contribution in [-0.4, -0.2) is 28.9 Å². The van der Waals surface area contributed by atoms with Gasteiger partial charge in [-0.25, -0.2) is 0 Å². The van der Waals surface area contributed by atoms with E-state index in [2.05, 4.69) is 4.98 Å². The minimum atomic E-state index is 0.00427. The summed E-state index contributed by atoms with van der Waals surface area (Å²) in [5.74, 6) is 0.00427. The molecule has 140 valence electrons. The first-order valence-corrected chi connectivity index (χ1v) is 9.89. The van der Waals surface area contributed by atoms with Crippen molar-refractivity contribution in [2.24, 2.45) is 5.73 Å². The summed E-state index contributed by atoms with van der Waals surface area (Å²) in [6.07, 6.45) is 2.52. The highest BCUT2D eigenvalue weighted by molar-refractivity contribution is 6.32. The smallest absolute Gasteiger partial charge is 0.254 e. The fraction of sp³-hybridized carbons (Fsp3) is 0.286. The molecule has 1 aromatic heterocycles. The Morgan fingerprint density at radius 1 is 1.19 bits per heavy atom. The number of fused-ring (bicyclic) bond motifs is 3. The Morgan fingerprint density at radius 3 is 2.81 bits per heavy atom. The van der Waals surface area contributed by atoms with Gasteiger partial charge in [0, 0.05) is 38.8 Å². The van der Waals surface area contributed by atoms with E-state index in [0.717, 1.165) is 46.4 Å². The Morgan fingerprint density at radius 2 is 2.04 bits per heavy atom. The van der Waals surface area contributed by atoms with Gasteiger partial charge in [-0.1, -0.05) is 29.3 Å². The van der Waals surface area contributed by atoms with Crippen LogP contribution in [0.2, 0.25) is 10.0 Å². The summed E-state index contributed by atoms with van der Waals surface area (Å²) < 4.78 is 0. The van der Waals surface area contributed by atoms with E-state index < -0.39 is 0 Å². The summed E-state index contributed by atoms with van der Waals surface area (Å²) in [7, 11) is 0. The van der Waals surface area contributed by atoms with Crippen LogP contribution in [0, 0.1) is 0 Å². The molecule has 0 unspecified atom stereocenters. The van der Waals surface area contributed by atoms with Gasteiger partial charge < -0.3 is 15.6 Å². The molecule has 0 saturated carbocycles. The van der Waals surface area contributed by atoms with Crippen LogP contribution in [-0.2, 0) is 19.4 Å². The minimum absolute atomic E-state index is 0.00427. The first-order valence-electron chi connectivity index (χ1n) is 9.13. The van der Waals surface area contributed by atoms with Crippen LogP contribution in [0.15, 0.2) is 36.4 Å². The van der Waals surface area contributed by atoms with E-state index in [0.29, 0.717) is 30.2 Å². The monoisotopic (exact) mass is 401 g/mol. The van der Waals surface area contributed by atoms with Crippen LogP contribution in [0.5, 0.6) is 0 Å². The van der Waals surface area contributed by atoms with Crippen LogP contribution in [0.25, 0.3) is 10.9 Å². The zero-order valence-electron chi connectivity index (χ0n) is 14.9.